The number of benzene rings is 2. The van der Waals surface area contributed by atoms with Crippen LogP contribution < -0.4 is 0 Å². The molecule has 4 heterocycles. The van der Waals surface area contributed by atoms with E-state index in [4.69, 9.17) is 9.84 Å². The van der Waals surface area contributed by atoms with Crippen molar-refractivity contribution in [3.63, 3.8) is 0 Å². The van der Waals surface area contributed by atoms with Crippen molar-refractivity contribution in [1.29, 1.82) is 0 Å². The molecular weight excluding hydrogens is 622 g/mol. The van der Waals surface area contributed by atoms with Gasteiger partial charge in [-0.3, -0.25) is 8.80 Å². The van der Waals surface area contributed by atoms with Gasteiger partial charge in [0.25, 0.3) is 0 Å². The maximum atomic E-state index is 13.2. The smallest absolute Gasteiger partial charge is 0.417 e. The van der Waals surface area contributed by atoms with E-state index in [1.54, 1.807) is 6.92 Å². The Labute approximate surface area is 254 Å². The Morgan fingerprint density at radius 2 is 1.15 bits per heavy atom. The number of carboxylic acid groups (broad SMARTS) is 1. The third-order valence-corrected chi connectivity index (χ3v) is 6.46. The molecule has 0 aliphatic rings. The second-order valence-corrected chi connectivity index (χ2v) is 9.39. The first-order chi connectivity index (χ1) is 21.8. The van der Waals surface area contributed by atoms with Crippen LogP contribution in [-0.4, -0.2) is 52.4 Å². The van der Waals surface area contributed by atoms with Crippen molar-refractivity contribution in [2.45, 2.75) is 19.3 Å². The number of carbonyl (C=O) groups excluding carboxylic acids is 1. The maximum absolute atomic E-state index is 13.2. The summed E-state index contributed by atoms with van der Waals surface area (Å²) in [5, 5.41) is 9.02. The van der Waals surface area contributed by atoms with E-state index in [2.05, 4.69) is 19.9 Å². The summed E-state index contributed by atoms with van der Waals surface area (Å²) in [5.74, 6) is -1.97. The molecule has 0 amide bonds. The predicted molar refractivity (Wildman–Crippen MR) is 150 cm³/mol. The minimum atomic E-state index is -4.53. The SMILES string of the molecule is CCOC(=O)c1ncn2ccc(-c3ccccc3C(F)(F)F)nc12.O=C(O)c1ncn2ccc(-c3ccccc3C(F)(F)F)nc12. The molecule has 0 radical (unpaired) electrons. The lowest BCUT2D eigenvalue weighted by atomic mass is 10.0. The number of hydrogen-bond donors (Lipinski definition) is 1. The first kappa shape index (κ1) is 31.6. The van der Waals surface area contributed by atoms with Crippen LogP contribution >= 0.6 is 0 Å². The van der Waals surface area contributed by atoms with Crippen molar-refractivity contribution in [2.75, 3.05) is 6.61 Å². The Morgan fingerprint density at radius 1 is 0.717 bits per heavy atom. The third kappa shape index (κ3) is 6.36. The van der Waals surface area contributed by atoms with Crippen LogP contribution in [-0.2, 0) is 17.1 Å². The van der Waals surface area contributed by atoms with Crippen LogP contribution in [0.25, 0.3) is 33.8 Å². The summed E-state index contributed by atoms with van der Waals surface area (Å²) in [6, 6.07) is 12.9. The normalized spacial score (nSPS) is 11.7. The lowest BCUT2D eigenvalue weighted by molar-refractivity contribution is -0.137. The number of carbonyl (C=O) groups is 2. The molecular formula is C30H20F6N6O4. The van der Waals surface area contributed by atoms with Crippen molar-refractivity contribution in [2.24, 2.45) is 0 Å². The van der Waals surface area contributed by atoms with Gasteiger partial charge in [0.15, 0.2) is 22.7 Å². The van der Waals surface area contributed by atoms with Crippen molar-refractivity contribution in [3.8, 4) is 22.5 Å². The molecule has 0 aliphatic carbocycles. The molecule has 10 nitrogen and oxygen atoms in total. The molecule has 0 aliphatic heterocycles. The Bertz CT molecular complexity index is 2070. The number of nitrogens with zero attached hydrogens (tertiary/aromatic N) is 6. The van der Waals surface area contributed by atoms with Crippen molar-refractivity contribution < 1.29 is 45.8 Å². The number of aromatic carboxylic acids is 1. The summed E-state index contributed by atoms with van der Waals surface area (Å²) in [4.78, 5) is 38.7. The highest BCUT2D eigenvalue weighted by Gasteiger charge is 2.35. The number of alkyl halides is 6. The van der Waals surface area contributed by atoms with E-state index in [1.165, 1.54) is 82.4 Å². The molecule has 236 valence electrons. The lowest BCUT2D eigenvalue weighted by Crippen LogP contribution is -2.08. The van der Waals surface area contributed by atoms with E-state index in [0.717, 1.165) is 12.1 Å². The zero-order valence-electron chi connectivity index (χ0n) is 23.4. The monoisotopic (exact) mass is 642 g/mol. The highest BCUT2D eigenvalue weighted by Crippen LogP contribution is 2.37. The zero-order valence-corrected chi connectivity index (χ0v) is 23.4. The molecule has 46 heavy (non-hydrogen) atoms. The van der Waals surface area contributed by atoms with Crippen LogP contribution in [0.5, 0.6) is 0 Å². The Hall–Kier alpha value is -5.80. The number of carboxylic acids is 1. The summed E-state index contributed by atoms with van der Waals surface area (Å²) in [6.45, 7) is 1.81. The molecule has 0 unspecified atom stereocenters. The molecule has 0 spiro atoms. The van der Waals surface area contributed by atoms with E-state index in [0.29, 0.717) is 0 Å². The number of ether oxygens (including phenoxy) is 1. The number of rotatable bonds is 5. The van der Waals surface area contributed by atoms with Crippen LogP contribution in [0.4, 0.5) is 26.3 Å². The van der Waals surface area contributed by atoms with Gasteiger partial charge < -0.3 is 9.84 Å². The molecule has 0 saturated heterocycles. The van der Waals surface area contributed by atoms with Gasteiger partial charge in [-0.15, -0.1) is 0 Å². The number of halogens is 6. The van der Waals surface area contributed by atoms with Crippen molar-refractivity contribution in [1.82, 2.24) is 28.7 Å². The van der Waals surface area contributed by atoms with E-state index >= 15 is 0 Å². The number of hydrogen-bond acceptors (Lipinski definition) is 7. The quantitative estimate of drug-likeness (QED) is 0.163. The van der Waals surface area contributed by atoms with Crippen LogP contribution in [0.2, 0.25) is 0 Å². The lowest BCUT2D eigenvalue weighted by Gasteiger charge is -2.12. The van der Waals surface area contributed by atoms with E-state index < -0.39 is 35.4 Å². The third-order valence-electron chi connectivity index (χ3n) is 6.46. The number of imidazole rings is 2. The fourth-order valence-corrected chi connectivity index (χ4v) is 4.46. The molecule has 16 heteroatoms. The Kier molecular flexibility index (Phi) is 8.45. The van der Waals surface area contributed by atoms with Gasteiger partial charge in [0, 0.05) is 23.5 Å². The molecule has 1 N–H and O–H groups in total. The van der Waals surface area contributed by atoms with Gasteiger partial charge in [-0.05, 0) is 31.2 Å². The van der Waals surface area contributed by atoms with Crippen LogP contribution in [0, 0.1) is 0 Å². The maximum Gasteiger partial charge on any atom is 0.417 e. The fraction of sp³-hybridized carbons (Fsp3) is 0.133. The summed E-state index contributed by atoms with van der Waals surface area (Å²) in [6.07, 6.45) is -3.51. The molecule has 0 saturated carbocycles. The number of fused-ring (bicyclic) bond motifs is 2. The van der Waals surface area contributed by atoms with E-state index in [9.17, 15) is 35.9 Å². The minimum absolute atomic E-state index is 0.0121. The van der Waals surface area contributed by atoms with Gasteiger partial charge in [-0.1, -0.05) is 36.4 Å². The number of aromatic nitrogens is 6. The van der Waals surface area contributed by atoms with Gasteiger partial charge in [0.2, 0.25) is 0 Å². The molecule has 4 aromatic heterocycles. The van der Waals surface area contributed by atoms with Crippen molar-refractivity contribution in [3.05, 3.63) is 108 Å². The average molecular weight is 643 g/mol. The van der Waals surface area contributed by atoms with Crippen LogP contribution in [0.3, 0.4) is 0 Å². The van der Waals surface area contributed by atoms with Gasteiger partial charge in [-0.25, -0.2) is 29.5 Å². The molecule has 6 rings (SSSR count). The zero-order chi connectivity index (χ0) is 33.2. The summed E-state index contributed by atoms with van der Waals surface area (Å²) in [5.41, 5.74) is -1.90. The van der Waals surface area contributed by atoms with Crippen LogP contribution in [0.1, 0.15) is 39.0 Å². The van der Waals surface area contributed by atoms with Gasteiger partial charge in [-0.2, -0.15) is 26.3 Å². The second kappa shape index (κ2) is 12.3. The van der Waals surface area contributed by atoms with E-state index in [-0.39, 0.29) is 51.8 Å². The molecule has 0 atom stereocenters. The first-order valence-electron chi connectivity index (χ1n) is 13.2. The largest absolute Gasteiger partial charge is 0.476 e. The van der Waals surface area contributed by atoms with E-state index in [1.807, 2.05) is 0 Å². The summed E-state index contributed by atoms with van der Waals surface area (Å²) < 4.78 is 86.4. The Morgan fingerprint density at radius 3 is 1.59 bits per heavy atom. The standard InChI is InChI=1S/C16H12F3N3O2.C14H8F3N3O2/c1-2-24-15(23)13-14-21-12(7-8-22(14)9-20-13)10-5-3-4-6-11(10)16(17,18)19;15-14(16,17)9-4-2-1-3-8(9)10-5-6-20-7-18-11(13(21)22)12(20)19-10/h3-9H,2H2,1H3;1-7H,(H,21,22). The Balaban J connectivity index is 0.000000182. The average Bonchev–Trinajstić information content (AvgIpc) is 3.65. The molecule has 0 fully saturated rings. The summed E-state index contributed by atoms with van der Waals surface area (Å²) in [7, 11) is 0. The second-order valence-electron chi connectivity index (χ2n) is 9.39. The highest BCUT2D eigenvalue weighted by atomic mass is 19.4. The molecule has 2 aromatic carbocycles. The molecule has 6 aromatic rings. The van der Waals surface area contributed by atoms with Gasteiger partial charge >= 0.3 is 24.3 Å². The van der Waals surface area contributed by atoms with Gasteiger partial charge in [0.1, 0.15) is 12.7 Å². The molecule has 0 bridgehead atoms. The van der Waals surface area contributed by atoms with Crippen molar-refractivity contribution >= 4 is 23.2 Å². The highest BCUT2D eigenvalue weighted by molar-refractivity contribution is 5.94. The van der Waals surface area contributed by atoms with Crippen LogP contribution in [0.15, 0.2) is 85.7 Å². The van der Waals surface area contributed by atoms with Gasteiger partial charge in [0.05, 0.1) is 29.1 Å². The number of esters is 1. The first-order valence-corrected chi connectivity index (χ1v) is 13.2. The minimum Gasteiger partial charge on any atom is -0.476 e. The fourth-order valence-electron chi connectivity index (χ4n) is 4.46. The topological polar surface area (TPSA) is 124 Å². The predicted octanol–water partition coefficient (Wildman–Crippen LogP) is 6.71. The summed E-state index contributed by atoms with van der Waals surface area (Å²) >= 11 is 0.